The molecular weight excluding hydrogens is 329 g/mol. The van der Waals surface area contributed by atoms with Gasteiger partial charge in [0.2, 0.25) is 0 Å². The fourth-order valence-electron chi connectivity index (χ4n) is 1.26. The van der Waals surface area contributed by atoms with Gasteiger partial charge in [-0.05, 0) is 20.8 Å². The first-order valence-corrected chi connectivity index (χ1v) is 5.46. The van der Waals surface area contributed by atoms with Crippen LogP contribution in [-0.2, 0) is 6.54 Å². The molecule has 5 nitrogen and oxygen atoms in total. The van der Waals surface area contributed by atoms with Crippen LogP contribution in [0.15, 0.2) is 23.7 Å². The summed E-state index contributed by atoms with van der Waals surface area (Å²) in [5.41, 5.74) is 0.0247. The summed E-state index contributed by atoms with van der Waals surface area (Å²) in [5, 5.41) is 6.55. The molecule has 2 N–H and O–H groups in total. The van der Waals surface area contributed by atoms with Crippen LogP contribution in [0.4, 0.5) is 0 Å². The van der Waals surface area contributed by atoms with Gasteiger partial charge in [0.05, 0.1) is 6.33 Å². The highest BCUT2D eigenvalue weighted by Crippen LogP contribution is 1.97. The monoisotopic (exact) mass is 351 g/mol. The molecule has 0 saturated carbocycles. The van der Waals surface area contributed by atoms with E-state index in [1.807, 2.05) is 17.1 Å². The standard InChI is InChI=1S/C11H21N5.HI/c1-11(2,3)15-10(12-4)14-6-8-16-7-5-13-9-16;/h5,7,9H,6,8H2,1-4H3,(H2,12,14,15);1H. The Labute approximate surface area is 120 Å². The summed E-state index contributed by atoms with van der Waals surface area (Å²) in [7, 11) is 1.78. The fraction of sp³-hybridized carbons (Fsp3) is 0.636. The number of hydrogen-bond donors (Lipinski definition) is 2. The van der Waals surface area contributed by atoms with Gasteiger partial charge in [-0.15, -0.1) is 24.0 Å². The molecule has 1 rings (SSSR count). The van der Waals surface area contributed by atoms with Gasteiger partial charge in [0, 0.05) is 38.1 Å². The van der Waals surface area contributed by atoms with Crippen LogP contribution in [0.1, 0.15) is 20.8 Å². The number of nitrogens with one attached hydrogen (secondary N) is 2. The minimum absolute atomic E-state index is 0. The van der Waals surface area contributed by atoms with E-state index in [-0.39, 0.29) is 29.5 Å². The van der Waals surface area contributed by atoms with E-state index in [0.29, 0.717) is 0 Å². The lowest BCUT2D eigenvalue weighted by atomic mass is 10.1. The third-order valence-corrected chi connectivity index (χ3v) is 1.94. The van der Waals surface area contributed by atoms with E-state index in [1.54, 1.807) is 13.2 Å². The molecule has 1 aromatic rings. The second-order valence-corrected chi connectivity index (χ2v) is 4.67. The van der Waals surface area contributed by atoms with E-state index in [1.165, 1.54) is 0 Å². The topological polar surface area (TPSA) is 54.2 Å². The second-order valence-electron chi connectivity index (χ2n) is 4.67. The Bertz CT molecular complexity index is 326. The number of nitrogens with zero attached hydrogens (tertiary/aromatic N) is 3. The lowest BCUT2D eigenvalue weighted by molar-refractivity contribution is 0.499. The molecular formula is C11H22IN5. The zero-order chi connectivity index (χ0) is 12.0. The maximum Gasteiger partial charge on any atom is 0.191 e. The summed E-state index contributed by atoms with van der Waals surface area (Å²) in [5.74, 6) is 0.826. The summed E-state index contributed by atoms with van der Waals surface area (Å²) in [6.07, 6.45) is 5.53. The van der Waals surface area contributed by atoms with Crippen molar-refractivity contribution in [3.8, 4) is 0 Å². The molecule has 98 valence electrons. The average molecular weight is 351 g/mol. The maximum atomic E-state index is 4.16. The first-order chi connectivity index (χ1) is 7.51. The number of halogens is 1. The number of aliphatic imine (C=N–C) groups is 1. The number of guanidine groups is 1. The minimum Gasteiger partial charge on any atom is -0.355 e. The van der Waals surface area contributed by atoms with Gasteiger partial charge < -0.3 is 15.2 Å². The van der Waals surface area contributed by atoms with Gasteiger partial charge in [-0.1, -0.05) is 0 Å². The Morgan fingerprint density at radius 3 is 2.59 bits per heavy atom. The Hall–Kier alpha value is -0.790. The van der Waals surface area contributed by atoms with Crippen molar-refractivity contribution in [2.24, 2.45) is 4.99 Å². The number of aromatic nitrogens is 2. The summed E-state index contributed by atoms with van der Waals surface area (Å²) in [6, 6.07) is 0. The molecule has 0 spiro atoms. The molecule has 0 bridgehead atoms. The van der Waals surface area contributed by atoms with Crippen molar-refractivity contribution in [2.45, 2.75) is 32.9 Å². The van der Waals surface area contributed by atoms with Crippen LogP contribution in [0, 0.1) is 0 Å². The van der Waals surface area contributed by atoms with Crippen LogP contribution in [0.5, 0.6) is 0 Å². The van der Waals surface area contributed by atoms with Gasteiger partial charge in [-0.25, -0.2) is 4.98 Å². The Morgan fingerprint density at radius 2 is 2.12 bits per heavy atom. The zero-order valence-electron chi connectivity index (χ0n) is 10.9. The van der Waals surface area contributed by atoms with Crippen LogP contribution in [0.3, 0.4) is 0 Å². The van der Waals surface area contributed by atoms with Gasteiger partial charge >= 0.3 is 0 Å². The van der Waals surface area contributed by atoms with Crippen LogP contribution < -0.4 is 10.6 Å². The van der Waals surface area contributed by atoms with Crippen molar-refractivity contribution in [1.82, 2.24) is 20.2 Å². The third-order valence-electron chi connectivity index (χ3n) is 1.94. The maximum absolute atomic E-state index is 4.16. The quantitative estimate of drug-likeness (QED) is 0.493. The second kappa shape index (κ2) is 7.52. The van der Waals surface area contributed by atoms with E-state index in [2.05, 4.69) is 41.4 Å². The van der Waals surface area contributed by atoms with Crippen LogP contribution >= 0.6 is 24.0 Å². The van der Waals surface area contributed by atoms with E-state index < -0.39 is 0 Å². The van der Waals surface area contributed by atoms with Crippen molar-refractivity contribution in [3.05, 3.63) is 18.7 Å². The summed E-state index contributed by atoms with van der Waals surface area (Å²) in [4.78, 5) is 8.15. The van der Waals surface area contributed by atoms with Gasteiger partial charge in [0.1, 0.15) is 0 Å². The molecule has 0 saturated heterocycles. The first kappa shape index (κ1) is 16.2. The fourth-order valence-corrected chi connectivity index (χ4v) is 1.26. The lowest BCUT2D eigenvalue weighted by Crippen LogP contribution is -2.48. The number of imidazole rings is 1. The normalized spacial score (nSPS) is 11.9. The highest BCUT2D eigenvalue weighted by molar-refractivity contribution is 14.0. The molecule has 1 aromatic heterocycles. The molecule has 0 unspecified atom stereocenters. The molecule has 0 aliphatic carbocycles. The average Bonchev–Trinajstić information content (AvgIpc) is 2.67. The molecule has 0 radical (unpaired) electrons. The number of hydrogen-bond acceptors (Lipinski definition) is 2. The molecule has 0 aromatic carbocycles. The van der Waals surface area contributed by atoms with Gasteiger partial charge in [-0.3, -0.25) is 4.99 Å². The van der Waals surface area contributed by atoms with Gasteiger partial charge in [-0.2, -0.15) is 0 Å². The van der Waals surface area contributed by atoms with E-state index in [9.17, 15) is 0 Å². The highest BCUT2D eigenvalue weighted by atomic mass is 127. The van der Waals surface area contributed by atoms with E-state index in [4.69, 9.17) is 0 Å². The van der Waals surface area contributed by atoms with Crippen molar-refractivity contribution in [1.29, 1.82) is 0 Å². The van der Waals surface area contributed by atoms with Gasteiger partial charge in [0.25, 0.3) is 0 Å². The Balaban J connectivity index is 0.00000256. The molecule has 1 heterocycles. The summed E-state index contributed by atoms with van der Waals surface area (Å²) < 4.78 is 2.03. The van der Waals surface area contributed by atoms with E-state index in [0.717, 1.165) is 19.0 Å². The third kappa shape index (κ3) is 7.19. The molecule has 0 atom stereocenters. The molecule has 0 amide bonds. The smallest absolute Gasteiger partial charge is 0.191 e. The Kier molecular flexibility index (Phi) is 7.17. The first-order valence-electron chi connectivity index (χ1n) is 5.46. The predicted molar refractivity (Wildman–Crippen MR) is 81.9 cm³/mol. The van der Waals surface area contributed by atoms with Crippen molar-refractivity contribution < 1.29 is 0 Å². The summed E-state index contributed by atoms with van der Waals surface area (Å²) >= 11 is 0. The molecule has 0 aliphatic heterocycles. The van der Waals surface area contributed by atoms with Crippen molar-refractivity contribution >= 4 is 29.9 Å². The van der Waals surface area contributed by atoms with Crippen LogP contribution in [-0.4, -0.2) is 34.6 Å². The zero-order valence-corrected chi connectivity index (χ0v) is 13.2. The van der Waals surface area contributed by atoms with E-state index >= 15 is 0 Å². The SMILES string of the molecule is CN=C(NCCn1ccnc1)NC(C)(C)C.I. The molecule has 0 fully saturated rings. The van der Waals surface area contributed by atoms with Gasteiger partial charge in [0.15, 0.2) is 5.96 Å². The van der Waals surface area contributed by atoms with Crippen LogP contribution in [0.25, 0.3) is 0 Å². The molecule has 6 heteroatoms. The van der Waals surface area contributed by atoms with Crippen molar-refractivity contribution in [3.63, 3.8) is 0 Å². The summed E-state index contributed by atoms with van der Waals surface area (Å²) in [6.45, 7) is 8.03. The Morgan fingerprint density at radius 1 is 1.41 bits per heavy atom. The number of rotatable bonds is 3. The largest absolute Gasteiger partial charge is 0.355 e. The van der Waals surface area contributed by atoms with Crippen LogP contribution in [0.2, 0.25) is 0 Å². The van der Waals surface area contributed by atoms with Crippen molar-refractivity contribution in [2.75, 3.05) is 13.6 Å². The molecule has 17 heavy (non-hydrogen) atoms. The predicted octanol–water partition coefficient (Wildman–Crippen LogP) is 1.46. The highest BCUT2D eigenvalue weighted by Gasteiger charge is 2.10. The minimum atomic E-state index is 0. The lowest BCUT2D eigenvalue weighted by Gasteiger charge is -2.23. The molecule has 0 aliphatic rings.